The van der Waals surface area contributed by atoms with Gasteiger partial charge in [0.2, 0.25) is 20.0 Å². The third-order valence-corrected chi connectivity index (χ3v) is 19.0. The molecule has 19 nitrogen and oxygen atoms in total. The Morgan fingerprint density at radius 2 is 1.18 bits per heavy atom. The highest BCUT2D eigenvalue weighted by Gasteiger charge is 2.31. The third kappa shape index (κ3) is 10.1. The minimum absolute atomic E-state index is 0.233. The fourth-order valence-corrected chi connectivity index (χ4v) is 13.1. The Balaban J connectivity index is 0.000000163. The molecule has 2 aliphatic rings. The number of nitrogens with one attached hydrogen (secondary N) is 2. The van der Waals surface area contributed by atoms with Gasteiger partial charge in [-0.1, -0.05) is 29.4 Å². The molecule has 14 rings (SSSR count). The van der Waals surface area contributed by atoms with E-state index in [1.807, 2.05) is 63.5 Å². The van der Waals surface area contributed by atoms with Gasteiger partial charge in [0.1, 0.15) is 29.1 Å². The Morgan fingerprint density at radius 1 is 0.678 bits per heavy atom. The number of aryl methyl sites for hydroxylation is 6. The third-order valence-electron chi connectivity index (χ3n) is 15.7. The Morgan fingerprint density at radius 3 is 1.64 bits per heavy atom. The number of nitrogens with zero attached hydrogens (tertiary/aromatic N) is 8. The summed E-state index contributed by atoms with van der Waals surface area (Å²) in [5.74, 6) is -0.358. The average molecular weight is 1230 g/mol. The number of anilines is 2. The maximum Gasteiger partial charge on any atom is 0.255 e. The van der Waals surface area contributed by atoms with Gasteiger partial charge in [-0.05, 0) is 113 Å². The molecule has 2 aliphatic heterocycles. The minimum atomic E-state index is -3.69. The first kappa shape index (κ1) is 58.0. The lowest BCUT2D eigenvalue weighted by atomic mass is 9.99. The van der Waals surface area contributed by atoms with E-state index in [1.165, 1.54) is 48.1 Å². The summed E-state index contributed by atoms with van der Waals surface area (Å²) in [5, 5.41) is 12.3. The SMILES string of the molecule is CNC.CNC(=O)c1c(-c2cnc(C)s2)oc2cc(N(C)S(C)(=O)=O)c(-c3ccc4c(n3)-c3cc5c(F)cccc5n3CC4)cc12.Cc1conc1-c1oc2cc(N(C)S(C)(=O)=O)c(-c3ccc4c(n3)-c3cc5c(F)cccc5n3CC4)cc2c1C=O. The minimum Gasteiger partial charge on any atom is -0.454 e. The predicted octanol–water partition coefficient (Wildman–Crippen LogP) is 11.8. The van der Waals surface area contributed by atoms with E-state index >= 15 is 0 Å². The van der Waals surface area contributed by atoms with Crippen molar-refractivity contribution < 1.29 is 48.6 Å². The van der Waals surface area contributed by atoms with Crippen molar-refractivity contribution in [3.8, 4) is 67.4 Å². The van der Waals surface area contributed by atoms with Crippen molar-refractivity contribution in [1.82, 2.24) is 39.9 Å². The number of carbonyl (C=O) groups is 2. The largest absolute Gasteiger partial charge is 0.454 e. The lowest BCUT2D eigenvalue weighted by molar-refractivity contribution is 0.0964. The van der Waals surface area contributed by atoms with Gasteiger partial charge in [0.15, 0.2) is 23.5 Å². The molecular formula is C63H56F2N10O9S3. The number of aldehydes is 1. The van der Waals surface area contributed by atoms with Crippen molar-refractivity contribution in [2.75, 3.05) is 56.4 Å². The molecule has 0 fully saturated rings. The molecule has 87 heavy (non-hydrogen) atoms. The van der Waals surface area contributed by atoms with Crippen molar-refractivity contribution >= 4 is 98.7 Å². The van der Waals surface area contributed by atoms with Gasteiger partial charge in [-0.25, -0.2) is 40.6 Å². The number of furan rings is 2. The summed E-state index contributed by atoms with van der Waals surface area (Å²) in [5.41, 5.74) is 11.5. The van der Waals surface area contributed by atoms with Gasteiger partial charge in [0, 0.05) is 90.8 Å². The highest BCUT2D eigenvalue weighted by molar-refractivity contribution is 7.92. The molecular weight excluding hydrogens is 1170 g/mol. The molecule has 0 aliphatic carbocycles. The van der Waals surface area contributed by atoms with Crippen LogP contribution in [0.1, 0.15) is 42.4 Å². The standard InChI is InChI=1S/C31H26FN5O4S2.C30H23FN4O5S.C2H7N/c1-16-34-15-27(42-16)30-28(31(38)33-2)20-12-19(24(14-26(20)41-30)36(3)43(4,39)40)22-9-8-17-10-11-37-23-7-5-6-21(32)18(23)13-25(37)29(17)35-22;1-16-15-39-33-28(16)30-21(14-36)18-11-20(25(13-27(18)40-30)34(2)41(3,37)38)23-8-7-17-9-10-35-24-6-4-5-22(31)19(24)12-26(35)29(17)32-23;1-3-2/h5-9,12-15H,10-11H2,1-4H3,(H,33,38);4-8,11-15H,9-10H2,1-3H3;3H,1-2H3. The van der Waals surface area contributed by atoms with Gasteiger partial charge in [-0.3, -0.25) is 18.2 Å². The number of fused-ring (bicyclic) bond motifs is 12. The van der Waals surface area contributed by atoms with Gasteiger partial charge in [-0.2, -0.15) is 0 Å². The van der Waals surface area contributed by atoms with E-state index in [0.29, 0.717) is 138 Å². The van der Waals surface area contributed by atoms with Crippen LogP contribution in [0.2, 0.25) is 0 Å². The summed E-state index contributed by atoms with van der Waals surface area (Å²) in [4.78, 5) is 40.6. The molecule has 1 amide bonds. The maximum atomic E-state index is 14.7. The van der Waals surface area contributed by atoms with Gasteiger partial charge in [0.05, 0.1) is 90.1 Å². The van der Waals surface area contributed by atoms with E-state index in [2.05, 4.69) is 29.9 Å². The molecule has 0 saturated heterocycles. The molecule has 8 aromatic heterocycles. The van der Waals surface area contributed by atoms with Crippen LogP contribution in [0.25, 0.3) is 111 Å². The molecule has 444 valence electrons. The summed E-state index contributed by atoms with van der Waals surface area (Å²) in [6.45, 7) is 5.02. The monoisotopic (exact) mass is 1230 g/mol. The first-order chi connectivity index (χ1) is 41.6. The van der Waals surface area contributed by atoms with Crippen molar-refractivity contribution in [2.45, 2.75) is 39.8 Å². The molecule has 0 unspecified atom stereocenters. The second-order valence-electron chi connectivity index (χ2n) is 21.2. The lowest BCUT2D eigenvalue weighted by Gasteiger charge is -2.23. The molecule has 0 saturated carbocycles. The summed E-state index contributed by atoms with van der Waals surface area (Å²) >= 11 is 1.39. The summed E-state index contributed by atoms with van der Waals surface area (Å²) < 4.78 is 104. The fraction of sp³-hybridized carbons (Fsp3) is 0.206. The second kappa shape index (κ2) is 22.2. The van der Waals surface area contributed by atoms with Crippen molar-refractivity contribution in [3.05, 3.63) is 154 Å². The van der Waals surface area contributed by atoms with Gasteiger partial charge < -0.3 is 33.1 Å². The number of sulfonamides is 2. The van der Waals surface area contributed by atoms with E-state index in [1.54, 1.807) is 62.6 Å². The van der Waals surface area contributed by atoms with Gasteiger partial charge in [0.25, 0.3) is 5.91 Å². The van der Waals surface area contributed by atoms with Crippen molar-refractivity contribution in [1.29, 1.82) is 0 Å². The summed E-state index contributed by atoms with van der Waals surface area (Å²) in [6.07, 6.45) is 7.45. The Hall–Kier alpha value is -9.36. The topological polar surface area (TPSA) is 234 Å². The van der Waals surface area contributed by atoms with E-state index in [-0.39, 0.29) is 28.9 Å². The number of pyridine rings is 2. The molecule has 2 N–H and O–H groups in total. The van der Waals surface area contributed by atoms with Crippen LogP contribution in [0.15, 0.2) is 123 Å². The first-order valence-electron chi connectivity index (χ1n) is 27.4. The molecule has 12 aromatic rings. The Bertz CT molecular complexity index is 5040. The van der Waals surface area contributed by atoms with E-state index in [0.717, 1.165) is 55.4 Å². The molecule has 0 atom stereocenters. The number of halogens is 2. The zero-order valence-corrected chi connectivity index (χ0v) is 51.0. The Kier molecular flexibility index (Phi) is 14.8. The summed E-state index contributed by atoms with van der Waals surface area (Å²) in [6, 6.07) is 28.0. The van der Waals surface area contributed by atoms with Crippen molar-refractivity contribution in [2.24, 2.45) is 0 Å². The molecule has 0 bridgehead atoms. The van der Waals surface area contributed by atoms with Crippen LogP contribution >= 0.6 is 11.3 Å². The second-order valence-corrected chi connectivity index (χ2v) is 26.5. The number of amides is 1. The van der Waals surface area contributed by atoms with E-state index < -0.39 is 20.0 Å². The van der Waals surface area contributed by atoms with Gasteiger partial charge in [-0.15, -0.1) is 11.3 Å². The molecule has 0 radical (unpaired) electrons. The highest BCUT2D eigenvalue weighted by Crippen LogP contribution is 2.46. The van der Waals surface area contributed by atoms with Crippen LogP contribution < -0.4 is 19.2 Å². The lowest BCUT2D eigenvalue weighted by Crippen LogP contribution is -2.25. The van der Waals surface area contributed by atoms with Crippen LogP contribution in [-0.2, 0) is 46.0 Å². The molecule has 0 spiro atoms. The zero-order valence-electron chi connectivity index (χ0n) is 48.5. The van der Waals surface area contributed by atoms with E-state index in [4.69, 9.17) is 23.3 Å². The van der Waals surface area contributed by atoms with E-state index in [9.17, 15) is 35.2 Å². The normalized spacial score (nSPS) is 12.7. The summed E-state index contributed by atoms with van der Waals surface area (Å²) in [7, 11) is 0.845. The number of benzene rings is 4. The van der Waals surface area contributed by atoms with Crippen molar-refractivity contribution in [3.63, 3.8) is 0 Å². The molecule has 10 heterocycles. The zero-order chi connectivity index (χ0) is 61.5. The quantitative estimate of drug-likeness (QED) is 0.121. The first-order valence-corrected chi connectivity index (χ1v) is 31.9. The van der Waals surface area contributed by atoms with Crippen LogP contribution in [0, 0.1) is 25.5 Å². The number of hydrogen-bond acceptors (Lipinski definition) is 15. The van der Waals surface area contributed by atoms with Crippen LogP contribution in [-0.4, -0.2) is 106 Å². The number of rotatable bonds is 10. The average Bonchev–Trinajstić information content (AvgIpc) is 1.99. The molecule has 24 heteroatoms. The van der Waals surface area contributed by atoms with Gasteiger partial charge >= 0.3 is 0 Å². The number of carbonyl (C=O) groups excluding carboxylic acids is 2. The van der Waals surface area contributed by atoms with Crippen LogP contribution in [0.5, 0.6) is 0 Å². The molecule has 4 aromatic carbocycles. The number of thiazole rings is 1. The number of hydrogen-bond donors (Lipinski definition) is 2. The number of aromatic nitrogens is 6. The highest BCUT2D eigenvalue weighted by atomic mass is 32.2. The van der Waals surface area contributed by atoms with Crippen LogP contribution in [0.3, 0.4) is 0 Å². The predicted molar refractivity (Wildman–Crippen MR) is 334 cm³/mol. The smallest absolute Gasteiger partial charge is 0.255 e. The maximum absolute atomic E-state index is 14.7. The Labute approximate surface area is 502 Å². The fourth-order valence-electron chi connectivity index (χ4n) is 11.3. The van der Waals surface area contributed by atoms with Crippen LogP contribution in [0.4, 0.5) is 20.2 Å².